The van der Waals surface area contributed by atoms with Crippen molar-refractivity contribution in [2.24, 2.45) is 0 Å². The third-order valence-corrected chi connectivity index (χ3v) is 3.92. The van der Waals surface area contributed by atoms with Crippen molar-refractivity contribution in [2.75, 3.05) is 32.7 Å². The molecular formula is C12H15ClO5S. The zero-order chi connectivity index (χ0) is 14.3. The number of methoxy groups -OCH3 is 1. The summed E-state index contributed by atoms with van der Waals surface area (Å²) in [7, 11) is 0.260. The van der Waals surface area contributed by atoms with Gasteiger partial charge in [-0.3, -0.25) is 4.21 Å². The van der Waals surface area contributed by atoms with E-state index in [1.54, 1.807) is 13.2 Å². The Morgan fingerprint density at radius 1 is 1.37 bits per heavy atom. The Morgan fingerprint density at radius 2 is 2.11 bits per heavy atom. The van der Waals surface area contributed by atoms with Gasteiger partial charge in [0.25, 0.3) is 0 Å². The first-order chi connectivity index (χ1) is 9.06. The number of aromatic carboxylic acids is 1. The van der Waals surface area contributed by atoms with Gasteiger partial charge in [-0.15, -0.1) is 0 Å². The minimum atomic E-state index is -1.31. The Morgan fingerprint density at radius 3 is 2.74 bits per heavy atom. The van der Waals surface area contributed by atoms with Crippen LogP contribution in [0.2, 0.25) is 5.02 Å². The molecule has 1 unspecified atom stereocenters. The average Bonchev–Trinajstić information content (AvgIpc) is 2.38. The van der Waals surface area contributed by atoms with Crippen molar-refractivity contribution in [2.45, 2.75) is 4.90 Å². The molecule has 0 radical (unpaired) electrons. The Balaban J connectivity index is 2.57. The van der Waals surface area contributed by atoms with Gasteiger partial charge < -0.3 is 14.6 Å². The summed E-state index contributed by atoms with van der Waals surface area (Å²) < 4.78 is 21.9. The Bertz CT molecular complexity index is 463. The lowest BCUT2D eigenvalue weighted by atomic mass is 10.2. The van der Waals surface area contributed by atoms with Crippen molar-refractivity contribution in [3.8, 4) is 0 Å². The number of carboxylic acid groups (broad SMARTS) is 1. The first kappa shape index (κ1) is 16.1. The molecule has 19 heavy (non-hydrogen) atoms. The zero-order valence-electron chi connectivity index (χ0n) is 10.4. The fraction of sp³-hybridized carbons (Fsp3) is 0.417. The summed E-state index contributed by atoms with van der Waals surface area (Å²) in [5, 5.41) is 9.05. The molecule has 0 saturated carbocycles. The number of halogens is 1. The van der Waals surface area contributed by atoms with Crippen LogP contribution in [0, 0.1) is 0 Å². The van der Waals surface area contributed by atoms with Crippen LogP contribution in [0.4, 0.5) is 0 Å². The molecule has 1 atom stereocenters. The van der Waals surface area contributed by atoms with E-state index in [9.17, 15) is 9.00 Å². The second kappa shape index (κ2) is 8.27. The van der Waals surface area contributed by atoms with Gasteiger partial charge in [0, 0.05) is 12.0 Å². The van der Waals surface area contributed by atoms with Gasteiger partial charge in [-0.2, -0.15) is 0 Å². The molecule has 0 aliphatic rings. The van der Waals surface area contributed by atoms with Gasteiger partial charge in [-0.25, -0.2) is 4.79 Å². The fourth-order valence-electron chi connectivity index (χ4n) is 1.31. The van der Waals surface area contributed by atoms with Crippen LogP contribution < -0.4 is 0 Å². The zero-order valence-corrected chi connectivity index (χ0v) is 12.0. The minimum absolute atomic E-state index is 0.0483. The van der Waals surface area contributed by atoms with E-state index in [4.69, 9.17) is 26.2 Å². The summed E-state index contributed by atoms with van der Waals surface area (Å²) in [6.07, 6.45) is 0. The molecule has 0 heterocycles. The van der Waals surface area contributed by atoms with Gasteiger partial charge in [-0.05, 0) is 18.2 Å². The van der Waals surface area contributed by atoms with Crippen LogP contribution in [0.25, 0.3) is 0 Å². The molecule has 0 saturated heterocycles. The SMILES string of the molecule is COCCOCCS(=O)c1ccc(Cl)c(C(=O)O)c1. The third-order valence-electron chi connectivity index (χ3n) is 2.28. The lowest BCUT2D eigenvalue weighted by Gasteiger charge is -2.06. The number of hydrogen-bond acceptors (Lipinski definition) is 4. The van der Waals surface area contributed by atoms with Gasteiger partial charge in [0.1, 0.15) is 0 Å². The van der Waals surface area contributed by atoms with Gasteiger partial charge >= 0.3 is 5.97 Å². The van der Waals surface area contributed by atoms with Crippen molar-refractivity contribution >= 4 is 28.4 Å². The summed E-state index contributed by atoms with van der Waals surface area (Å²) in [4.78, 5) is 11.3. The lowest BCUT2D eigenvalue weighted by Crippen LogP contribution is -2.10. The average molecular weight is 307 g/mol. The summed E-state index contributed by atoms with van der Waals surface area (Å²) in [5.74, 6) is -0.843. The van der Waals surface area contributed by atoms with Crippen LogP contribution in [0.15, 0.2) is 23.1 Å². The van der Waals surface area contributed by atoms with Gasteiger partial charge in [0.15, 0.2) is 0 Å². The molecular weight excluding hydrogens is 292 g/mol. The molecule has 1 rings (SSSR count). The van der Waals surface area contributed by atoms with E-state index in [-0.39, 0.29) is 10.6 Å². The Kier molecular flexibility index (Phi) is 7.01. The maximum absolute atomic E-state index is 11.9. The van der Waals surface area contributed by atoms with E-state index in [0.717, 1.165) is 0 Å². The highest BCUT2D eigenvalue weighted by molar-refractivity contribution is 7.85. The molecule has 0 fully saturated rings. The third kappa shape index (κ3) is 5.28. The van der Waals surface area contributed by atoms with Gasteiger partial charge in [-0.1, -0.05) is 11.6 Å². The second-order valence-corrected chi connectivity index (χ2v) is 5.58. The number of carbonyl (C=O) groups is 1. The smallest absolute Gasteiger partial charge is 0.337 e. The van der Waals surface area contributed by atoms with Crippen LogP contribution in [-0.4, -0.2) is 48.0 Å². The molecule has 0 spiro atoms. The number of benzene rings is 1. The summed E-state index contributed by atoms with van der Waals surface area (Å²) in [6.45, 7) is 1.24. The molecule has 1 aromatic rings. The van der Waals surface area contributed by atoms with E-state index in [0.29, 0.717) is 30.5 Å². The summed E-state index contributed by atoms with van der Waals surface area (Å²) in [5.41, 5.74) is -0.0483. The Hall–Kier alpha value is -0.950. The molecule has 0 aliphatic heterocycles. The molecule has 1 N–H and O–H groups in total. The van der Waals surface area contributed by atoms with Crippen LogP contribution >= 0.6 is 11.6 Å². The van der Waals surface area contributed by atoms with Crippen LogP contribution in [0.1, 0.15) is 10.4 Å². The standard InChI is InChI=1S/C12H15ClO5S/c1-17-4-5-18-6-7-19(16)9-2-3-11(13)10(8-9)12(14)15/h2-3,8H,4-7H2,1H3,(H,14,15). The van der Waals surface area contributed by atoms with E-state index in [1.165, 1.54) is 12.1 Å². The normalized spacial score (nSPS) is 12.3. The predicted octanol–water partition coefficient (Wildman–Crippen LogP) is 1.81. The molecule has 5 nitrogen and oxygen atoms in total. The van der Waals surface area contributed by atoms with Crippen LogP contribution in [0.5, 0.6) is 0 Å². The lowest BCUT2D eigenvalue weighted by molar-refractivity contribution is 0.0697. The monoisotopic (exact) mass is 306 g/mol. The van der Waals surface area contributed by atoms with E-state index in [1.807, 2.05) is 0 Å². The first-order valence-corrected chi connectivity index (χ1v) is 7.24. The van der Waals surface area contributed by atoms with Crippen molar-refractivity contribution in [3.05, 3.63) is 28.8 Å². The molecule has 0 amide bonds. The highest BCUT2D eigenvalue weighted by Gasteiger charge is 2.12. The number of hydrogen-bond donors (Lipinski definition) is 1. The summed E-state index contributed by atoms with van der Waals surface area (Å²) in [6, 6.07) is 4.32. The van der Waals surface area contributed by atoms with Crippen molar-refractivity contribution in [1.82, 2.24) is 0 Å². The van der Waals surface area contributed by atoms with Crippen molar-refractivity contribution in [3.63, 3.8) is 0 Å². The molecule has 1 aromatic carbocycles. The van der Waals surface area contributed by atoms with Gasteiger partial charge in [0.05, 0.1) is 47.0 Å². The van der Waals surface area contributed by atoms with Crippen LogP contribution in [-0.2, 0) is 20.3 Å². The largest absolute Gasteiger partial charge is 0.478 e. The molecule has 7 heteroatoms. The maximum atomic E-state index is 11.9. The fourth-order valence-corrected chi connectivity index (χ4v) is 2.48. The maximum Gasteiger partial charge on any atom is 0.337 e. The minimum Gasteiger partial charge on any atom is -0.478 e. The first-order valence-electron chi connectivity index (χ1n) is 5.54. The summed E-state index contributed by atoms with van der Waals surface area (Å²) >= 11 is 5.74. The number of carboxylic acids is 1. The molecule has 0 bridgehead atoms. The number of rotatable bonds is 8. The molecule has 106 valence electrons. The van der Waals surface area contributed by atoms with Crippen molar-refractivity contribution in [1.29, 1.82) is 0 Å². The highest BCUT2D eigenvalue weighted by atomic mass is 35.5. The van der Waals surface area contributed by atoms with E-state index < -0.39 is 16.8 Å². The molecule has 0 aliphatic carbocycles. The van der Waals surface area contributed by atoms with E-state index in [2.05, 4.69) is 0 Å². The van der Waals surface area contributed by atoms with E-state index >= 15 is 0 Å². The van der Waals surface area contributed by atoms with Crippen molar-refractivity contribution < 1.29 is 23.6 Å². The Labute approximate surface area is 118 Å². The quantitative estimate of drug-likeness (QED) is 0.742. The number of ether oxygens (including phenoxy) is 2. The topological polar surface area (TPSA) is 72.8 Å². The molecule has 0 aromatic heterocycles. The highest BCUT2D eigenvalue weighted by Crippen LogP contribution is 2.19. The second-order valence-electron chi connectivity index (χ2n) is 3.60. The predicted molar refractivity (Wildman–Crippen MR) is 72.4 cm³/mol. The van der Waals surface area contributed by atoms with Gasteiger partial charge in [0.2, 0.25) is 0 Å². The van der Waals surface area contributed by atoms with Crippen LogP contribution in [0.3, 0.4) is 0 Å².